The maximum absolute atomic E-state index is 11.1. The van der Waals surface area contributed by atoms with Crippen LogP contribution in [-0.4, -0.2) is 20.2 Å². The predicted molar refractivity (Wildman–Crippen MR) is 83.9 cm³/mol. The third-order valence-corrected chi connectivity index (χ3v) is 4.43. The van der Waals surface area contributed by atoms with Gasteiger partial charge in [0.1, 0.15) is 5.82 Å². The molecule has 3 aromatic rings. The lowest BCUT2D eigenvalue weighted by atomic mass is 10.1. The van der Waals surface area contributed by atoms with Gasteiger partial charge in [0.25, 0.3) is 5.69 Å². The van der Waals surface area contributed by atoms with Crippen molar-refractivity contribution in [3.63, 3.8) is 0 Å². The van der Waals surface area contributed by atoms with Gasteiger partial charge in [-0.1, -0.05) is 6.07 Å². The second-order valence-corrected chi connectivity index (χ2v) is 5.76. The molecule has 0 aliphatic carbocycles. The molecule has 0 spiro atoms. The Hall–Kier alpha value is -2.80. The summed E-state index contributed by atoms with van der Waals surface area (Å²) in [5.41, 5.74) is 2.46. The summed E-state index contributed by atoms with van der Waals surface area (Å²) < 4.78 is 1.93. The maximum atomic E-state index is 11.1. The van der Waals surface area contributed by atoms with Gasteiger partial charge in [0, 0.05) is 30.1 Å². The Morgan fingerprint density at radius 2 is 2.23 bits per heavy atom. The number of thiophene rings is 1. The number of fused-ring (bicyclic) bond motifs is 3. The fourth-order valence-electron chi connectivity index (χ4n) is 2.57. The van der Waals surface area contributed by atoms with E-state index in [1.54, 1.807) is 29.7 Å². The molecule has 0 bridgehead atoms. The number of hydrogen-bond donors (Lipinski definition) is 0. The van der Waals surface area contributed by atoms with Gasteiger partial charge in [-0.2, -0.15) is 0 Å². The Morgan fingerprint density at radius 1 is 1.32 bits per heavy atom. The van der Waals surface area contributed by atoms with Crippen LogP contribution < -0.4 is 0 Å². The molecule has 2 aromatic heterocycles. The minimum absolute atomic E-state index is 0.0616. The molecule has 3 heterocycles. The molecule has 0 fully saturated rings. The molecule has 0 saturated heterocycles. The number of aliphatic imine (C=N–C) groups is 1. The minimum atomic E-state index is -0.383. The van der Waals surface area contributed by atoms with E-state index in [2.05, 4.69) is 9.98 Å². The lowest BCUT2D eigenvalue weighted by molar-refractivity contribution is -0.384. The molecule has 0 radical (unpaired) electrons. The summed E-state index contributed by atoms with van der Waals surface area (Å²) >= 11 is 1.57. The lowest BCUT2D eigenvalue weighted by Gasteiger charge is -2.10. The SMILES string of the molecule is O=[N+]([O-])c1ccc2c(c1)C(c1cccs1)=NCc1nccn1-2. The number of imidazole rings is 1. The van der Waals surface area contributed by atoms with Gasteiger partial charge in [-0.25, -0.2) is 4.98 Å². The highest BCUT2D eigenvalue weighted by Crippen LogP contribution is 2.29. The Balaban J connectivity index is 2.00. The van der Waals surface area contributed by atoms with E-state index < -0.39 is 0 Å². The second kappa shape index (κ2) is 4.88. The van der Waals surface area contributed by atoms with Crippen LogP contribution in [0.1, 0.15) is 16.3 Å². The Kier molecular flexibility index (Phi) is 2.87. The third kappa shape index (κ3) is 1.94. The Labute approximate surface area is 129 Å². The van der Waals surface area contributed by atoms with Gasteiger partial charge in [-0.05, 0) is 17.5 Å². The number of rotatable bonds is 2. The topological polar surface area (TPSA) is 73.3 Å². The zero-order valence-electron chi connectivity index (χ0n) is 11.3. The molecule has 4 rings (SSSR count). The second-order valence-electron chi connectivity index (χ2n) is 4.81. The van der Waals surface area contributed by atoms with Gasteiger partial charge in [-0.3, -0.25) is 15.1 Å². The number of nitrogens with zero attached hydrogens (tertiary/aromatic N) is 4. The highest BCUT2D eigenvalue weighted by atomic mass is 32.1. The number of nitro groups is 1. The molecule has 0 amide bonds. The number of non-ortho nitro benzene ring substituents is 1. The zero-order chi connectivity index (χ0) is 15.1. The van der Waals surface area contributed by atoms with Crippen LogP contribution in [0.15, 0.2) is 53.1 Å². The molecular weight excluding hydrogens is 300 g/mol. The first-order valence-electron chi connectivity index (χ1n) is 6.64. The van der Waals surface area contributed by atoms with Crippen molar-refractivity contribution < 1.29 is 4.92 Å². The molecule has 22 heavy (non-hydrogen) atoms. The van der Waals surface area contributed by atoms with Gasteiger partial charge >= 0.3 is 0 Å². The lowest BCUT2D eigenvalue weighted by Crippen LogP contribution is -2.06. The Morgan fingerprint density at radius 3 is 3.00 bits per heavy atom. The summed E-state index contributed by atoms with van der Waals surface area (Å²) in [4.78, 5) is 20.7. The van der Waals surface area contributed by atoms with E-state index in [1.807, 2.05) is 28.3 Å². The van der Waals surface area contributed by atoms with Crippen LogP contribution >= 0.6 is 11.3 Å². The molecule has 0 atom stereocenters. The molecule has 0 N–H and O–H groups in total. The smallest absolute Gasteiger partial charge is 0.270 e. The average molecular weight is 310 g/mol. The van der Waals surface area contributed by atoms with E-state index in [0.29, 0.717) is 6.54 Å². The summed E-state index contributed by atoms with van der Waals surface area (Å²) in [5.74, 6) is 0.821. The first kappa shape index (κ1) is 12.9. The van der Waals surface area contributed by atoms with E-state index in [0.717, 1.165) is 27.7 Å². The van der Waals surface area contributed by atoms with E-state index in [1.165, 1.54) is 6.07 Å². The van der Waals surface area contributed by atoms with Gasteiger partial charge in [0.2, 0.25) is 0 Å². The fraction of sp³-hybridized carbons (Fsp3) is 0.0667. The molecule has 0 saturated carbocycles. The van der Waals surface area contributed by atoms with Crippen molar-refractivity contribution in [3.05, 3.63) is 74.5 Å². The highest BCUT2D eigenvalue weighted by Gasteiger charge is 2.22. The van der Waals surface area contributed by atoms with Crippen molar-refractivity contribution in [2.75, 3.05) is 0 Å². The first-order chi connectivity index (χ1) is 10.7. The van der Waals surface area contributed by atoms with Crippen molar-refractivity contribution in [2.45, 2.75) is 6.54 Å². The summed E-state index contributed by atoms with van der Waals surface area (Å²) in [7, 11) is 0. The molecule has 108 valence electrons. The van der Waals surface area contributed by atoms with Crippen LogP contribution in [0.25, 0.3) is 5.69 Å². The zero-order valence-corrected chi connectivity index (χ0v) is 12.2. The minimum Gasteiger partial charge on any atom is -0.302 e. The molecule has 7 heteroatoms. The summed E-state index contributed by atoms with van der Waals surface area (Å²) in [6, 6.07) is 8.78. The summed E-state index contributed by atoms with van der Waals surface area (Å²) in [6.07, 6.45) is 3.57. The summed E-state index contributed by atoms with van der Waals surface area (Å²) in [5, 5.41) is 13.1. The third-order valence-electron chi connectivity index (χ3n) is 3.56. The molecule has 0 unspecified atom stereocenters. The van der Waals surface area contributed by atoms with E-state index >= 15 is 0 Å². The number of aromatic nitrogens is 2. The van der Waals surface area contributed by atoms with Gasteiger partial charge in [0.15, 0.2) is 0 Å². The number of nitro benzene ring substituents is 1. The van der Waals surface area contributed by atoms with Crippen molar-refractivity contribution in [1.82, 2.24) is 9.55 Å². The van der Waals surface area contributed by atoms with Crippen LogP contribution in [-0.2, 0) is 6.54 Å². The Bertz CT molecular complexity index is 896. The summed E-state index contributed by atoms with van der Waals surface area (Å²) in [6.45, 7) is 0.447. The maximum Gasteiger partial charge on any atom is 0.270 e. The van der Waals surface area contributed by atoms with Crippen molar-refractivity contribution >= 4 is 22.7 Å². The van der Waals surface area contributed by atoms with E-state index in [-0.39, 0.29) is 10.6 Å². The standard InChI is InChI=1S/C15H10N4O2S/c20-19(21)10-3-4-12-11(8-10)15(13-2-1-7-22-13)17-9-14-16-5-6-18(12)14/h1-8H,9H2. The molecule has 1 aliphatic rings. The molecule has 1 aliphatic heterocycles. The van der Waals surface area contributed by atoms with Gasteiger partial charge in [-0.15, -0.1) is 11.3 Å². The van der Waals surface area contributed by atoms with E-state index in [4.69, 9.17) is 0 Å². The van der Waals surface area contributed by atoms with Crippen molar-refractivity contribution in [3.8, 4) is 5.69 Å². The molecular formula is C15H10N4O2S. The van der Waals surface area contributed by atoms with Gasteiger partial charge in [0.05, 0.1) is 27.7 Å². The number of hydrogen-bond acceptors (Lipinski definition) is 5. The average Bonchev–Trinajstić information content (AvgIpc) is 3.17. The normalized spacial score (nSPS) is 13.0. The van der Waals surface area contributed by atoms with Crippen LogP contribution in [0.2, 0.25) is 0 Å². The quantitative estimate of drug-likeness (QED) is 0.539. The molecule has 6 nitrogen and oxygen atoms in total. The van der Waals surface area contributed by atoms with Crippen LogP contribution in [0.4, 0.5) is 5.69 Å². The molecule has 1 aromatic carbocycles. The van der Waals surface area contributed by atoms with Crippen molar-refractivity contribution in [1.29, 1.82) is 0 Å². The monoisotopic (exact) mass is 310 g/mol. The van der Waals surface area contributed by atoms with Gasteiger partial charge < -0.3 is 4.57 Å². The highest BCUT2D eigenvalue weighted by molar-refractivity contribution is 7.12. The van der Waals surface area contributed by atoms with Crippen LogP contribution in [0.3, 0.4) is 0 Å². The predicted octanol–water partition coefficient (Wildman–Crippen LogP) is 3.19. The first-order valence-corrected chi connectivity index (χ1v) is 7.52. The van der Waals surface area contributed by atoms with Crippen molar-refractivity contribution in [2.24, 2.45) is 4.99 Å². The van der Waals surface area contributed by atoms with Crippen LogP contribution in [0, 0.1) is 10.1 Å². The van der Waals surface area contributed by atoms with E-state index in [9.17, 15) is 10.1 Å². The van der Waals surface area contributed by atoms with Crippen LogP contribution in [0.5, 0.6) is 0 Å². The number of benzene rings is 1. The fourth-order valence-corrected chi connectivity index (χ4v) is 3.31. The largest absolute Gasteiger partial charge is 0.302 e.